The molecule has 1 saturated heterocycles. The highest BCUT2D eigenvalue weighted by molar-refractivity contribution is 6.04. The molecule has 1 aliphatic heterocycles. The maximum absolute atomic E-state index is 12.7. The van der Waals surface area contributed by atoms with E-state index in [-0.39, 0.29) is 17.9 Å². The van der Waals surface area contributed by atoms with Crippen LogP contribution >= 0.6 is 0 Å². The number of nitrogen functional groups attached to an aromatic ring is 1. The number of fused-ring (bicyclic) bond motifs is 1. The highest BCUT2D eigenvalue weighted by Crippen LogP contribution is 2.34. The monoisotopic (exact) mass is 456 g/mol. The lowest BCUT2D eigenvalue weighted by Crippen LogP contribution is -2.26. The smallest absolute Gasteiger partial charge is 0.256 e. The molecule has 0 unspecified atom stereocenters. The van der Waals surface area contributed by atoms with E-state index in [0.29, 0.717) is 47.0 Å². The predicted molar refractivity (Wildman–Crippen MR) is 128 cm³/mol. The van der Waals surface area contributed by atoms with Crippen molar-refractivity contribution in [3.8, 4) is 11.3 Å². The Bertz CT molecular complexity index is 1400. The molecule has 1 aliphatic rings. The van der Waals surface area contributed by atoms with E-state index in [1.807, 2.05) is 35.9 Å². The Morgan fingerprint density at radius 1 is 1.12 bits per heavy atom. The lowest BCUT2D eigenvalue weighted by Gasteiger charge is -2.14. The third-order valence-electron chi connectivity index (χ3n) is 6.05. The van der Waals surface area contributed by atoms with Gasteiger partial charge in [-0.3, -0.25) is 9.59 Å². The summed E-state index contributed by atoms with van der Waals surface area (Å²) in [5, 5.41) is 8.30. The number of amides is 2. The van der Waals surface area contributed by atoms with Crippen molar-refractivity contribution < 1.29 is 9.59 Å². The van der Waals surface area contributed by atoms with Crippen LogP contribution in [0, 0.1) is 6.92 Å². The first kappa shape index (κ1) is 21.5. The number of anilines is 2. The normalized spacial score (nSPS) is 15.6. The number of carbonyl (C=O) groups excluding carboxylic acids is 2. The third kappa shape index (κ3) is 3.94. The van der Waals surface area contributed by atoms with Crippen molar-refractivity contribution in [1.82, 2.24) is 29.6 Å². The molecule has 1 aromatic carbocycles. The van der Waals surface area contributed by atoms with Crippen LogP contribution in [-0.2, 0) is 4.79 Å². The summed E-state index contributed by atoms with van der Waals surface area (Å²) in [7, 11) is 0. The van der Waals surface area contributed by atoms with Crippen molar-refractivity contribution >= 4 is 34.5 Å². The molecule has 3 aromatic heterocycles. The number of hydrogen-bond acceptors (Lipinski definition) is 7. The first-order valence-corrected chi connectivity index (χ1v) is 11.0. The van der Waals surface area contributed by atoms with E-state index in [1.54, 1.807) is 30.2 Å². The minimum absolute atomic E-state index is 0.00123. The summed E-state index contributed by atoms with van der Waals surface area (Å²) in [6, 6.07) is 10.8. The van der Waals surface area contributed by atoms with Gasteiger partial charge < -0.3 is 16.0 Å². The van der Waals surface area contributed by atoms with E-state index in [1.165, 1.54) is 6.33 Å². The molecule has 34 heavy (non-hydrogen) atoms. The van der Waals surface area contributed by atoms with Crippen LogP contribution in [0.3, 0.4) is 0 Å². The Hall–Kier alpha value is -4.34. The Balaban J connectivity index is 1.46. The molecule has 172 valence electrons. The summed E-state index contributed by atoms with van der Waals surface area (Å²) < 4.78 is 1.84. The highest BCUT2D eigenvalue weighted by atomic mass is 16.2. The van der Waals surface area contributed by atoms with Gasteiger partial charge in [-0.2, -0.15) is 5.10 Å². The van der Waals surface area contributed by atoms with Gasteiger partial charge in [0.25, 0.3) is 5.91 Å². The van der Waals surface area contributed by atoms with Gasteiger partial charge in [-0.25, -0.2) is 19.6 Å². The summed E-state index contributed by atoms with van der Waals surface area (Å²) in [5.41, 5.74) is 9.78. The first-order chi connectivity index (χ1) is 16.4. The fourth-order valence-electron chi connectivity index (χ4n) is 4.25. The summed E-state index contributed by atoms with van der Waals surface area (Å²) in [6.45, 7) is 4.76. The summed E-state index contributed by atoms with van der Waals surface area (Å²) in [5.74, 6) is 0.626. The number of nitrogens with one attached hydrogen (secondary N) is 1. The van der Waals surface area contributed by atoms with Crippen LogP contribution in [0.1, 0.15) is 35.3 Å². The molecule has 5 rings (SSSR count). The number of likely N-dealkylation sites (tertiary alicyclic amines) is 1. The van der Waals surface area contributed by atoms with Gasteiger partial charge in [-0.05, 0) is 43.2 Å². The van der Waals surface area contributed by atoms with Crippen molar-refractivity contribution in [2.75, 3.05) is 24.1 Å². The Labute approximate surface area is 195 Å². The minimum atomic E-state index is -0.252. The number of carbonyl (C=O) groups is 2. The molecule has 3 N–H and O–H groups in total. The number of aryl methyl sites for hydroxylation is 1. The molecular formula is C24H24N8O2. The van der Waals surface area contributed by atoms with Crippen LogP contribution in [0.25, 0.3) is 22.3 Å². The van der Waals surface area contributed by atoms with Crippen LogP contribution in [-0.4, -0.2) is 54.5 Å². The van der Waals surface area contributed by atoms with Crippen molar-refractivity contribution in [1.29, 1.82) is 0 Å². The molecule has 4 heterocycles. The lowest BCUT2D eigenvalue weighted by atomic mass is 10.1. The van der Waals surface area contributed by atoms with Gasteiger partial charge in [0, 0.05) is 37.3 Å². The maximum atomic E-state index is 12.7. The van der Waals surface area contributed by atoms with Crippen molar-refractivity contribution in [2.24, 2.45) is 0 Å². The van der Waals surface area contributed by atoms with Gasteiger partial charge in [-0.15, -0.1) is 0 Å². The SMILES string of the molecule is CC(=O)N1CC[C@@H](n2nc(-c3ccc(C(=O)Nc4cc(C)ccn4)cc3)c3c(N)ncnc32)C1. The standard InChI is InChI=1S/C24H24N8O2/c1-14-7-9-26-19(11-14)29-24(34)17-5-3-16(4-6-17)21-20-22(25)27-13-28-23(20)32(30-21)18-8-10-31(12-18)15(2)33/h3-7,9,11,13,18H,8,10,12H2,1-2H3,(H2,25,27,28)(H,26,29,34)/t18-/m1/s1. The molecule has 10 heteroatoms. The van der Waals surface area contributed by atoms with E-state index in [0.717, 1.165) is 17.5 Å². The molecule has 4 aromatic rings. The summed E-state index contributed by atoms with van der Waals surface area (Å²) >= 11 is 0. The van der Waals surface area contributed by atoms with E-state index < -0.39 is 0 Å². The molecule has 1 atom stereocenters. The first-order valence-electron chi connectivity index (χ1n) is 11.0. The second-order valence-corrected chi connectivity index (χ2v) is 8.41. The van der Waals surface area contributed by atoms with E-state index in [4.69, 9.17) is 10.8 Å². The zero-order chi connectivity index (χ0) is 23.8. The highest BCUT2D eigenvalue weighted by Gasteiger charge is 2.29. The van der Waals surface area contributed by atoms with Gasteiger partial charge in [-0.1, -0.05) is 12.1 Å². The van der Waals surface area contributed by atoms with Crippen LogP contribution in [0.4, 0.5) is 11.6 Å². The molecule has 0 bridgehead atoms. The molecule has 0 saturated carbocycles. The van der Waals surface area contributed by atoms with Gasteiger partial charge in [0.05, 0.1) is 11.4 Å². The average molecular weight is 457 g/mol. The summed E-state index contributed by atoms with van der Waals surface area (Å²) in [6.07, 6.45) is 3.86. The second kappa shape index (κ2) is 8.54. The van der Waals surface area contributed by atoms with Crippen LogP contribution in [0.5, 0.6) is 0 Å². The fourth-order valence-corrected chi connectivity index (χ4v) is 4.25. The lowest BCUT2D eigenvalue weighted by molar-refractivity contribution is -0.127. The minimum Gasteiger partial charge on any atom is -0.383 e. The van der Waals surface area contributed by atoms with Crippen LogP contribution in [0.2, 0.25) is 0 Å². The number of aromatic nitrogens is 5. The van der Waals surface area contributed by atoms with E-state index in [2.05, 4.69) is 20.3 Å². The molecule has 1 fully saturated rings. The Morgan fingerprint density at radius 2 is 1.91 bits per heavy atom. The summed E-state index contributed by atoms with van der Waals surface area (Å²) in [4.78, 5) is 39.0. The maximum Gasteiger partial charge on any atom is 0.256 e. The average Bonchev–Trinajstić information content (AvgIpc) is 3.45. The quantitative estimate of drug-likeness (QED) is 0.482. The Kier molecular flexibility index (Phi) is 5.40. The van der Waals surface area contributed by atoms with Gasteiger partial charge in [0.15, 0.2) is 5.65 Å². The van der Waals surface area contributed by atoms with Gasteiger partial charge in [0.1, 0.15) is 23.7 Å². The van der Waals surface area contributed by atoms with Crippen molar-refractivity contribution in [3.05, 3.63) is 60.0 Å². The largest absolute Gasteiger partial charge is 0.383 e. The van der Waals surface area contributed by atoms with Crippen LogP contribution < -0.4 is 11.1 Å². The molecular weight excluding hydrogens is 432 g/mol. The molecule has 2 amide bonds. The van der Waals surface area contributed by atoms with E-state index >= 15 is 0 Å². The zero-order valence-corrected chi connectivity index (χ0v) is 18.9. The number of rotatable bonds is 4. The van der Waals surface area contributed by atoms with E-state index in [9.17, 15) is 9.59 Å². The fraction of sp³-hybridized carbons (Fsp3) is 0.250. The van der Waals surface area contributed by atoms with Crippen molar-refractivity contribution in [3.63, 3.8) is 0 Å². The van der Waals surface area contributed by atoms with Gasteiger partial charge in [0.2, 0.25) is 5.91 Å². The number of benzene rings is 1. The molecule has 10 nitrogen and oxygen atoms in total. The number of nitrogens with zero attached hydrogens (tertiary/aromatic N) is 6. The van der Waals surface area contributed by atoms with Gasteiger partial charge >= 0.3 is 0 Å². The molecule has 0 aliphatic carbocycles. The Morgan fingerprint density at radius 3 is 2.62 bits per heavy atom. The topological polar surface area (TPSA) is 132 Å². The molecule has 0 radical (unpaired) electrons. The van der Waals surface area contributed by atoms with Crippen molar-refractivity contribution in [2.45, 2.75) is 26.3 Å². The number of pyridine rings is 1. The predicted octanol–water partition coefficient (Wildman–Crippen LogP) is 2.82. The number of hydrogen-bond donors (Lipinski definition) is 2. The zero-order valence-electron chi connectivity index (χ0n) is 18.9. The third-order valence-corrected chi connectivity index (χ3v) is 6.05. The second-order valence-electron chi connectivity index (χ2n) is 8.41. The van der Waals surface area contributed by atoms with Crippen LogP contribution in [0.15, 0.2) is 48.9 Å². The number of nitrogens with two attached hydrogens (primary N) is 1. The molecule has 0 spiro atoms.